The molecule has 0 aromatic heterocycles. The second-order valence-corrected chi connectivity index (χ2v) is 4.72. The second kappa shape index (κ2) is 4.11. The Morgan fingerprint density at radius 3 is 2.57 bits per heavy atom. The lowest BCUT2D eigenvalue weighted by Gasteiger charge is -2.12. The SMILES string of the molecule is CCC(C)c1cccc(S(=O)(=O)[O-])c1. The van der Waals surface area contributed by atoms with Gasteiger partial charge in [0.15, 0.2) is 0 Å². The fourth-order valence-corrected chi connectivity index (χ4v) is 1.74. The molecule has 0 fully saturated rings. The average Bonchev–Trinajstić information content (AvgIpc) is 2.15. The molecule has 1 aromatic carbocycles. The minimum absolute atomic E-state index is 0.143. The van der Waals surface area contributed by atoms with Gasteiger partial charge in [0.05, 0.1) is 4.90 Å². The molecule has 3 nitrogen and oxygen atoms in total. The normalized spacial score (nSPS) is 13.9. The molecule has 78 valence electrons. The van der Waals surface area contributed by atoms with Crippen molar-refractivity contribution in [3.05, 3.63) is 29.8 Å². The van der Waals surface area contributed by atoms with Gasteiger partial charge in [-0.2, -0.15) is 0 Å². The summed E-state index contributed by atoms with van der Waals surface area (Å²) in [4.78, 5) is -0.143. The van der Waals surface area contributed by atoms with Crippen molar-refractivity contribution in [2.75, 3.05) is 0 Å². The Morgan fingerprint density at radius 2 is 2.07 bits per heavy atom. The Bertz CT molecular complexity index is 409. The third-order valence-corrected chi connectivity index (χ3v) is 3.16. The minimum Gasteiger partial charge on any atom is -0.744 e. The molecule has 0 saturated carbocycles. The van der Waals surface area contributed by atoms with E-state index in [4.69, 9.17) is 0 Å². The molecule has 14 heavy (non-hydrogen) atoms. The van der Waals surface area contributed by atoms with Crippen molar-refractivity contribution in [2.24, 2.45) is 0 Å². The highest BCUT2D eigenvalue weighted by molar-refractivity contribution is 7.85. The summed E-state index contributed by atoms with van der Waals surface area (Å²) in [6, 6.07) is 6.22. The first-order valence-electron chi connectivity index (χ1n) is 4.51. The van der Waals surface area contributed by atoms with Gasteiger partial charge in [0.25, 0.3) is 0 Å². The van der Waals surface area contributed by atoms with Crippen molar-refractivity contribution < 1.29 is 13.0 Å². The quantitative estimate of drug-likeness (QED) is 0.722. The molecular formula is C10H13O3S-. The van der Waals surface area contributed by atoms with Crippen LogP contribution in [0.25, 0.3) is 0 Å². The van der Waals surface area contributed by atoms with Crippen molar-refractivity contribution in [1.29, 1.82) is 0 Å². The van der Waals surface area contributed by atoms with Crippen LogP contribution in [0.15, 0.2) is 29.2 Å². The topological polar surface area (TPSA) is 57.2 Å². The summed E-state index contributed by atoms with van der Waals surface area (Å²) in [5.74, 6) is 0.275. The molecule has 0 aliphatic carbocycles. The predicted molar refractivity (Wildman–Crippen MR) is 53.1 cm³/mol. The summed E-state index contributed by atoms with van der Waals surface area (Å²) >= 11 is 0. The highest BCUT2D eigenvalue weighted by atomic mass is 32.2. The van der Waals surface area contributed by atoms with Crippen LogP contribution in [-0.2, 0) is 10.1 Å². The maximum Gasteiger partial charge on any atom is 0.124 e. The van der Waals surface area contributed by atoms with Crippen LogP contribution in [0.1, 0.15) is 31.7 Å². The zero-order chi connectivity index (χ0) is 10.8. The molecular weight excluding hydrogens is 200 g/mol. The molecule has 0 bridgehead atoms. The van der Waals surface area contributed by atoms with Crippen LogP contribution in [0, 0.1) is 0 Å². The molecule has 4 heteroatoms. The summed E-state index contributed by atoms with van der Waals surface area (Å²) in [7, 11) is -4.32. The van der Waals surface area contributed by atoms with Crippen molar-refractivity contribution in [3.8, 4) is 0 Å². The van der Waals surface area contributed by atoms with Crippen LogP contribution >= 0.6 is 0 Å². The molecule has 0 spiro atoms. The molecule has 1 unspecified atom stereocenters. The summed E-state index contributed by atoms with van der Waals surface area (Å²) < 4.78 is 32.2. The van der Waals surface area contributed by atoms with Crippen LogP contribution in [0.5, 0.6) is 0 Å². The molecule has 0 N–H and O–H groups in total. The predicted octanol–water partition coefficient (Wildman–Crippen LogP) is 2.10. The van der Waals surface area contributed by atoms with Gasteiger partial charge in [0, 0.05) is 0 Å². The van der Waals surface area contributed by atoms with E-state index in [-0.39, 0.29) is 10.8 Å². The Labute approximate surface area is 84.5 Å². The van der Waals surface area contributed by atoms with Gasteiger partial charge in [-0.1, -0.05) is 26.0 Å². The van der Waals surface area contributed by atoms with E-state index in [2.05, 4.69) is 0 Å². The zero-order valence-corrected chi connectivity index (χ0v) is 9.04. The standard InChI is InChI=1S/C10H14O3S/c1-3-8(2)9-5-4-6-10(7-9)14(11,12)13/h4-8H,3H2,1-2H3,(H,11,12,13)/p-1. The number of hydrogen-bond acceptors (Lipinski definition) is 3. The maximum absolute atomic E-state index is 10.7. The van der Waals surface area contributed by atoms with Gasteiger partial charge in [-0.3, -0.25) is 0 Å². The molecule has 1 rings (SSSR count). The smallest absolute Gasteiger partial charge is 0.124 e. The lowest BCUT2D eigenvalue weighted by Crippen LogP contribution is -2.00. The number of hydrogen-bond donors (Lipinski definition) is 0. The molecule has 0 radical (unpaired) electrons. The Balaban J connectivity index is 3.14. The summed E-state index contributed by atoms with van der Waals surface area (Å²) in [5, 5.41) is 0. The van der Waals surface area contributed by atoms with Crippen molar-refractivity contribution in [2.45, 2.75) is 31.1 Å². The van der Waals surface area contributed by atoms with E-state index >= 15 is 0 Å². The maximum atomic E-state index is 10.7. The molecule has 0 saturated heterocycles. The summed E-state index contributed by atoms with van der Waals surface area (Å²) in [6.45, 7) is 4.01. The van der Waals surface area contributed by atoms with Gasteiger partial charge in [0.2, 0.25) is 0 Å². The van der Waals surface area contributed by atoms with Crippen LogP contribution in [0.2, 0.25) is 0 Å². The van der Waals surface area contributed by atoms with Crippen LogP contribution < -0.4 is 0 Å². The van der Waals surface area contributed by atoms with Gasteiger partial charge >= 0.3 is 0 Å². The second-order valence-electron chi connectivity index (χ2n) is 3.34. The largest absolute Gasteiger partial charge is 0.744 e. The first kappa shape index (κ1) is 11.2. The Kier molecular flexibility index (Phi) is 3.29. The van der Waals surface area contributed by atoms with Gasteiger partial charge in [-0.05, 0) is 30.0 Å². The van der Waals surface area contributed by atoms with E-state index in [9.17, 15) is 13.0 Å². The highest BCUT2D eigenvalue weighted by Gasteiger charge is 2.06. The van der Waals surface area contributed by atoms with Gasteiger partial charge in [-0.25, -0.2) is 8.42 Å². The van der Waals surface area contributed by atoms with Crippen LogP contribution in [-0.4, -0.2) is 13.0 Å². The van der Waals surface area contributed by atoms with Crippen molar-refractivity contribution >= 4 is 10.1 Å². The Hall–Kier alpha value is -0.870. The fraction of sp³-hybridized carbons (Fsp3) is 0.400. The van der Waals surface area contributed by atoms with E-state index in [1.165, 1.54) is 12.1 Å². The van der Waals surface area contributed by atoms with E-state index in [1.54, 1.807) is 6.07 Å². The first-order valence-corrected chi connectivity index (χ1v) is 5.92. The third-order valence-electron chi connectivity index (χ3n) is 2.33. The van der Waals surface area contributed by atoms with Crippen molar-refractivity contribution in [3.63, 3.8) is 0 Å². The summed E-state index contributed by atoms with van der Waals surface area (Å²) in [6.07, 6.45) is 0.919. The van der Waals surface area contributed by atoms with E-state index in [0.717, 1.165) is 12.0 Å². The van der Waals surface area contributed by atoms with Gasteiger partial charge < -0.3 is 4.55 Å². The van der Waals surface area contributed by atoms with E-state index in [1.807, 2.05) is 19.9 Å². The third kappa shape index (κ3) is 2.56. The van der Waals surface area contributed by atoms with Crippen LogP contribution in [0.4, 0.5) is 0 Å². The molecule has 0 aliphatic rings. The number of benzene rings is 1. The lowest BCUT2D eigenvalue weighted by molar-refractivity contribution is 0.463. The van der Waals surface area contributed by atoms with Crippen molar-refractivity contribution in [1.82, 2.24) is 0 Å². The van der Waals surface area contributed by atoms with E-state index in [0.29, 0.717) is 0 Å². The molecule has 1 atom stereocenters. The molecule has 1 aromatic rings. The average molecular weight is 213 g/mol. The molecule has 0 amide bonds. The van der Waals surface area contributed by atoms with Crippen LogP contribution in [0.3, 0.4) is 0 Å². The monoisotopic (exact) mass is 213 g/mol. The fourth-order valence-electron chi connectivity index (χ4n) is 1.21. The first-order chi connectivity index (χ1) is 6.45. The summed E-state index contributed by atoms with van der Waals surface area (Å²) in [5.41, 5.74) is 0.893. The minimum atomic E-state index is -4.32. The lowest BCUT2D eigenvalue weighted by atomic mass is 9.99. The number of rotatable bonds is 3. The van der Waals surface area contributed by atoms with Gasteiger partial charge in [-0.15, -0.1) is 0 Å². The Morgan fingerprint density at radius 1 is 1.43 bits per heavy atom. The zero-order valence-electron chi connectivity index (χ0n) is 8.23. The van der Waals surface area contributed by atoms with E-state index < -0.39 is 10.1 Å². The molecule has 0 heterocycles. The van der Waals surface area contributed by atoms with Gasteiger partial charge in [0.1, 0.15) is 10.1 Å². The molecule has 0 aliphatic heterocycles. The highest BCUT2D eigenvalue weighted by Crippen LogP contribution is 2.21.